The molecule has 1 unspecified atom stereocenters. The van der Waals surface area contributed by atoms with Crippen molar-refractivity contribution in [2.24, 2.45) is 0 Å². The van der Waals surface area contributed by atoms with Gasteiger partial charge in [0.05, 0.1) is 6.42 Å². The second-order valence-electron chi connectivity index (χ2n) is 6.07. The van der Waals surface area contributed by atoms with Gasteiger partial charge in [-0.15, -0.1) is 0 Å². The van der Waals surface area contributed by atoms with Gasteiger partial charge in [-0.05, 0) is 31.0 Å². The van der Waals surface area contributed by atoms with Crippen LogP contribution in [-0.2, 0) is 17.8 Å². The third-order valence-corrected chi connectivity index (χ3v) is 4.41. The Bertz CT molecular complexity index is 811. The van der Waals surface area contributed by atoms with Gasteiger partial charge in [-0.2, -0.15) is 0 Å². The van der Waals surface area contributed by atoms with E-state index in [9.17, 15) is 4.79 Å². The highest BCUT2D eigenvalue weighted by Crippen LogP contribution is 2.20. The van der Waals surface area contributed by atoms with E-state index in [2.05, 4.69) is 19.0 Å². The number of fused-ring (bicyclic) bond motifs is 1. The minimum Gasteiger partial charge on any atom is -0.356 e. The third kappa shape index (κ3) is 3.48. The molecule has 0 spiro atoms. The van der Waals surface area contributed by atoms with Crippen molar-refractivity contribution in [3.05, 3.63) is 65.9 Å². The molecule has 3 rings (SSSR count). The Balaban J connectivity index is 1.80. The number of amides is 1. The van der Waals surface area contributed by atoms with Gasteiger partial charge in [0.2, 0.25) is 5.91 Å². The topological polar surface area (TPSA) is 46.3 Å². The van der Waals surface area contributed by atoms with Gasteiger partial charge in [0, 0.05) is 18.0 Å². The van der Waals surface area contributed by atoms with Gasteiger partial charge >= 0.3 is 0 Å². The van der Waals surface area contributed by atoms with Crippen LogP contribution in [0.5, 0.6) is 0 Å². The molecule has 0 aliphatic carbocycles. The highest BCUT2D eigenvalue weighted by Gasteiger charge is 2.21. The first-order chi connectivity index (χ1) is 11.7. The van der Waals surface area contributed by atoms with Crippen LogP contribution in [0, 0.1) is 0 Å². The number of carbonyl (C=O) groups is 1. The van der Waals surface area contributed by atoms with Crippen LogP contribution in [0.4, 0.5) is 0 Å². The fraction of sp³-hybridized carbons (Fsp3) is 0.300. The quantitative estimate of drug-likeness (QED) is 0.683. The molecule has 0 fully saturated rings. The zero-order chi connectivity index (χ0) is 16.9. The maximum Gasteiger partial charge on any atom is 0.229 e. The summed E-state index contributed by atoms with van der Waals surface area (Å²) in [5, 5.41) is 5.00. The molecule has 3 aromatic rings. The lowest BCUT2D eigenvalue weighted by molar-refractivity contribution is -0.133. The molecule has 1 amide bonds. The van der Waals surface area contributed by atoms with Crippen LogP contribution in [0.25, 0.3) is 11.0 Å². The van der Waals surface area contributed by atoms with Gasteiger partial charge in [0.25, 0.3) is 0 Å². The Kier molecular flexibility index (Phi) is 4.94. The van der Waals surface area contributed by atoms with E-state index in [0.717, 1.165) is 23.0 Å². The van der Waals surface area contributed by atoms with E-state index in [-0.39, 0.29) is 18.4 Å². The molecule has 24 heavy (non-hydrogen) atoms. The molecule has 1 heterocycles. The summed E-state index contributed by atoms with van der Waals surface area (Å²) < 4.78 is 5.31. The maximum absolute atomic E-state index is 12.9. The molecule has 0 aliphatic heterocycles. The lowest BCUT2D eigenvalue weighted by atomic mass is 10.1. The van der Waals surface area contributed by atoms with Gasteiger partial charge in [-0.25, -0.2) is 0 Å². The number of hydrogen-bond acceptors (Lipinski definition) is 3. The summed E-state index contributed by atoms with van der Waals surface area (Å²) in [6, 6.07) is 17.9. The Morgan fingerprint density at radius 3 is 2.58 bits per heavy atom. The molecule has 4 heteroatoms. The fourth-order valence-electron chi connectivity index (χ4n) is 2.80. The first-order valence-corrected chi connectivity index (χ1v) is 8.35. The molecular formula is C20H22N2O2. The van der Waals surface area contributed by atoms with Gasteiger partial charge in [-0.1, -0.05) is 54.5 Å². The summed E-state index contributed by atoms with van der Waals surface area (Å²) in [4.78, 5) is 14.8. The van der Waals surface area contributed by atoms with Crippen LogP contribution in [0.3, 0.4) is 0 Å². The predicted octanol–water partition coefficient (Wildman–Crippen LogP) is 4.20. The molecule has 1 atom stereocenters. The average Bonchev–Trinajstić information content (AvgIpc) is 3.03. The first-order valence-electron chi connectivity index (χ1n) is 8.35. The third-order valence-electron chi connectivity index (χ3n) is 4.41. The number of benzene rings is 2. The molecule has 4 nitrogen and oxygen atoms in total. The number of para-hydroxylation sites is 1. The maximum atomic E-state index is 12.9. The van der Waals surface area contributed by atoms with Gasteiger partial charge in [-0.3, -0.25) is 4.79 Å². The number of aromatic nitrogens is 1. The van der Waals surface area contributed by atoms with Gasteiger partial charge in [0.15, 0.2) is 5.58 Å². The molecule has 0 radical (unpaired) electrons. The van der Waals surface area contributed by atoms with Crippen LogP contribution < -0.4 is 0 Å². The molecule has 2 aromatic carbocycles. The average molecular weight is 322 g/mol. The van der Waals surface area contributed by atoms with Crippen LogP contribution >= 0.6 is 0 Å². The van der Waals surface area contributed by atoms with Crippen molar-refractivity contribution in [1.29, 1.82) is 0 Å². The number of nitrogens with zero attached hydrogens (tertiary/aromatic N) is 2. The fourth-order valence-corrected chi connectivity index (χ4v) is 2.80. The van der Waals surface area contributed by atoms with E-state index in [0.29, 0.717) is 12.2 Å². The Hall–Kier alpha value is -2.62. The Labute approximate surface area is 142 Å². The highest BCUT2D eigenvalue weighted by atomic mass is 16.5. The molecule has 0 N–H and O–H groups in total. The lowest BCUT2D eigenvalue weighted by Gasteiger charge is -2.28. The number of hydrogen-bond donors (Lipinski definition) is 0. The van der Waals surface area contributed by atoms with E-state index < -0.39 is 0 Å². The molecule has 1 aromatic heterocycles. The second-order valence-corrected chi connectivity index (χ2v) is 6.07. The normalized spacial score (nSPS) is 12.2. The second kappa shape index (κ2) is 7.30. The molecule has 0 saturated heterocycles. The summed E-state index contributed by atoms with van der Waals surface area (Å²) in [5.41, 5.74) is 2.56. The van der Waals surface area contributed by atoms with Gasteiger partial charge < -0.3 is 9.42 Å². The molecule has 0 aliphatic rings. The molecule has 0 saturated carbocycles. The molecular weight excluding hydrogens is 300 g/mol. The zero-order valence-electron chi connectivity index (χ0n) is 14.1. The first kappa shape index (κ1) is 16.2. The van der Waals surface area contributed by atoms with Crippen molar-refractivity contribution >= 4 is 16.9 Å². The van der Waals surface area contributed by atoms with Crippen molar-refractivity contribution < 1.29 is 9.32 Å². The largest absolute Gasteiger partial charge is 0.356 e. The molecule has 124 valence electrons. The van der Waals surface area contributed by atoms with E-state index in [4.69, 9.17) is 4.52 Å². The highest BCUT2D eigenvalue weighted by molar-refractivity contribution is 5.86. The van der Waals surface area contributed by atoms with E-state index in [1.165, 1.54) is 0 Å². The Morgan fingerprint density at radius 1 is 1.12 bits per heavy atom. The van der Waals surface area contributed by atoms with Crippen molar-refractivity contribution in [3.63, 3.8) is 0 Å². The minimum absolute atomic E-state index is 0.0762. The standard InChI is InChI=1S/C20H22N2O2/c1-3-15(2)22(14-16-9-5-4-6-10-16)20(23)13-18-17-11-7-8-12-19(17)24-21-18/h4-12,15H,3,13-14H2,1-2H3. The van der Waals surface area contributed by atoms with Crippen LogP contribution in [0.2, 0.25) is 0 Å². The summed E-state index contributed by atoms with van der Waals surface area (Å²) in [6.45, 7) is 4.80. The summed E-state index contributed by atoms with van der Waals surface area (Å²) >= 11 is 0. The zero-order valence-corrected chi connectivity index (χ0v) is 14.1. The smallest absolute Gasteiger partial charge is 0.229 e. The van der Waals surface area contributed by atoms with E-state index in [1.54, 1.807) is 0 Å². The predicted molar refractivity (Wildman–Crippen MR) is 94.5 cm³/mol. The van der Waals surface area contributed by atoms with E-state index >= 15 is 0 Å². The minimum atomic E-state index is 0.0762. The van der Waals surface area contributed by atoms with Crippen LogP contribution in [-0.4, -0.2) is 22.0 Å². The van der Waals surface area contributed by atoms with Gasteiger partial charge in [0.1, 0.15) is 5.69 Å². The van der Waals surface area contributed by atoms with Crippen molar-refractivity contribution in [2.45, 2.75) is 39.3 Å². The monoisotopic (exact) mass is 322 g/mol. The summed E-state index contributed by atoms with van der Waals surface area (Å²) in [5.74, 6) is 0.0762. The number of rotatable bonds is 6. The van der Waals surface area contributed by atoms with E-state index in [1.807, 2.05) is 59.5 Å². The van der Waals surface area contributed by atoms with Crippen LogP contribution in [0.15, 0.2) is 59.1 Å². The van der Waals surface area contributed by atoms with Crippen LogP contribution in [0.1, 0.15) is 31.5 Å². The van der Waals surface area contributed by atoms with Crippen molar-refractivity contribution in [2.75, 3.05) is 0 Å². The summed E-state index contributed by atoms with van der Waals surface area (Å²) in [6.07, 6.45) is 1.17. The SMILES string of the molecule is CCC(C)N(Cc1ccccc1)C(=O)Cc1noc2ccccc12. The number of carbonyl (C=O) groups excluding carboxylic acids is 1. The van der Waals surface area contributed by atoms with Crippen molar-refractivity contribution in [1.82, 2.24) is 10.1 Å². The van der Waals surface area contributed by atoms with Crippen molar-refractivity contribution in [3.8, 4) is 0 Å². The Morgan fingerprint density at radius 2 is 1.83 bits per heavy atom. The lowest BCUT2D eigenvalue weighted by Crippen LogP contribution is -2.38. The molecule has 0 bridgehead atoms. The summed E-state index contributed by atoms with van der Waals surface area (Å²) in [7, 11) is 0.